The van der Waals surface area contributed by atoms with Gasteiger partial charge in [0, 0.05) is 37.5 Å². The molecule has 5 nitrogen and oxygen atoms in total. The van der Waals surface area contributed by atoms with E-state index in [0.29, 0.717) is 25.1 Å². The second-order valence-electron chi connectivity index (χ2n) is 8.88. The molecule has 0 spiro atoms. The molecule has 1 fully saturated rings. The molecule has 2 aromatic rings. The van der Waals surface area contributed by atoms with Gasteiger partial charge in [-0.05, 0) is 81.0 Å². The molecule has 0 unspecified atom stereocenters. The number of aromatic nitrogens is 1. The van der Waals surface area contributed by atoms with E-state index in [9.17, 15) is 14.0 Å². The summed E-state index contributed by atoms with van der Waals surface area (Å²) < 4.78 is 18.7. The van der Waals surface area contributed by atoms with Gasteiger partial charge in [-0.15, -0.1) is 0 Å². The number of likely N-dealkylation sites (tertiary alicyclic amines) is 1. The van der Waals surface area contributed by atoms with E-state index in [-0.39, 0.29) is 23.6 Å². The number of Topliss-reactive ketones (excluding diaryl/α,β-unsaturated/α-hetero) is 1. The lowest BCUT2D eigenvalue weighted by molar-refractivity contribution is -0.114. The van der Waals surface area contributed by atoms with Gasteiger partial charge in [-0.25, -0.2) is 9.18 Å². The Morgan fingerprint density at radius 3 is 2.29 bits per heavy atom. The van der Waals surface area contributed by atoms with E-state index in [2.05, 4.69) is 4.98 Å². The van der Waals surface area contributed by atoms with Crippen molar-refractivity contribution in [1.29, 1.82) is 0 Å². The van der Waals surface area contributed by atoms with E-state index < -0.39 is 5.60 Å². The van der Waals surface area contributed by atoms with Crippen LogP contribution in [-0.4, -0.2) is 40.5 Å². The van der Waals surface area contributed by atoms with Crippen molar-refractivity contribution in [2.75, 3.05) is 13.1 Å². The fourth-order valence-corrected chi connectivity index (χ4v) is 3.60. The lowest BCUT2D eigenvalue weighted by atomic mass is 9.87. The summed E-state index contributed by atoms with van der Waals surface area (Å²) in [7, 11) is 0. The number of carbonyl (C=O) groups is 2. The fourth-order valence-electron chi connectivity index (χ4n) is 3.60. The SMILES string of the molecule is CC(C)(C)OC(=O)N1CCC(CC(=O)C(=Cc2ccc(F)cc2)c2ccncc2)CC1. The lowest BCUT2D eigenvalue weighted by Gasteiger charge is -2.33. The van der Waals surface area contributed by atoms with E-state index in [1.54, 1.807) is 47.6 Å². The third-order valence-electron chi connectivity index (χ3n) is 5.21. The molecule has 1 amide bonds. The van der Waals surface area contributed by atoms with Crippen LogP contribution in [0.2, 0.25) is 0 Å². The van der Waals surface area contributed by atoms with E-state index >= 15 is 0 Å². The molecular weight excluding hydrogens is 395 g/mol. The highest BCUT2D eigenvalue weighted by atomic mass is 19.1. The van der Waals surface area contributed by atoms with E-state index in [1.165, 1.54) is 12.1 Å². The van der Waals surface area contributed by atoms with Crippen molar-refractivity contribution in [2.45, 2.75) is 45.6 Å². The molecule has 2 heterocycles. The van der Waals surface area contributed by atoms with Gasteiger partial charge in [0.05, 0.1) is 0 Å². The normalized spacial score (nSPS) is 15.6. The number of pyridine rings is 1. The maximum Gasteiger partial charge on any atom is 0.410 e. The van der Waals surface area contributed by atoms with Gasteiger partial charge in [0.25, 0.3) is 0 Å². The number of amides is 1. The predicted molar refractivity (Wildman–Crippen MR) is 119 cm³/mol. The molecule has 1 aromatic carbocycles. The summed E-state index contributed by atoms with van der Waals surface area (Å²) in [5, 5.41) is 0. The second kappa shape index (κ2) is 9.86. The zero-order chi connectivity index (χ0) is 22.4. The van der Waals surface area contributed by atoms with Gasteiger partial charge >= 0.3 is 6.09 Å². The van der Waals surface area contributed by atoms with Gasteiger partial charge in [-0.1, -0.05) is 12.1 Å². The first-order valence-electron chi connectivity index (χ1n) is 10.6. The Labute approximate surface area is 182 Å². The number of allylic oxidation sites excluding steroid dienone is 1. The molecule has 1 aromatic heterocycles. The van der Waals surface area contributed by atoms with Crippen LogP contribution in [-0.2, 0) is 9.53 Å². The summed E-state index contributed by atoms with van der Waals surface area (Å²) in [6.07, 6.45) is 6.72. The summed E-state index contributed by atoms with van der Waals surface area (Å²) in [4.78, 5) is 31.2. The standard InChI is InChI=1S/C25H29FN2O3/c1-25(2,3)31-24(30)28-14-10-19(11-15-28)17-23(29)22(20-8-12-27-13-9-20)16-18-4-6-21(26)7-5-18/h4-9,12-13,16,19H,10-11,14-15,17H2,1-3H3. The third kappa shape index (κ3) is 6.74. The van der Waals surface area contributed by atoms with Crippen LogP contribution in [0.1, 0.15) is 51.2 Å². The van der Waals surface area contributed by atoms with Crippen molar-refractivity contribution in [2.24, 2.45) is 5.92 Å². The smallest absolute Gasteiger partial charge is 0.410 e. The fraction of sp³-hybridized carbons (Fsp3) is 0.400. The molecule has 1 aliphatic rings. The van der Waals surface area contributed by atoms with Crippen LogP contribution >= 0.6 is 0 Å². The molecular formula is C25H29FN2O3. The highest BCUT2D eigenvalue weighted by molar-refractivity contribution is 6.25. The van der Waals surface area contributed by atoms with Crippen LogP contribution in [0.25, 0.3) is 11.6 Å². The van der Waals surface area contributed by atoms with Crippen molar-refractivity contribution in [3.8, 4) is 0 Å². The van der Waals surface area contributed by atoms with Crippen LogP contribution in [0.3, 0.4) is 0 Å². The average molecular weight is 425 g/mol. The zero-order valence-corrected chi connectivity index (χ0v) is 18.3. The van der Waals surface area contributed by atoms with Crippen molar-refractivity contribution in [3.05, 3.63) is 65.7 Å². The largest absolute Gasteiger partial charge is 0.444 e. The molecule has 0 atom stereocenters. The van der Waals surface area contributed by atoms with Gasteiger partial charge < -0.3 is 9.64 Å². The molecule has 6 heteroatoms. The number of rotatable bonds is 5. The average Bonchev–Trinajstić information content (AvgIpc) is 2.73. The monoisotopic (exact) mass is 424 g/mol. The van der Waals surface area contributed by atoms with Crippen molar-refractivity contribution >= 4 is 23.5 Å². The Morgan fingerprint density at radius 1 is 1.10 bits per heavy atom. The molecule has 3 rings (SSSR count). The number of carbonyl (C=O) groups excluding carboxylic acids is 2. The molecule has 0 radical (unpaired) electrons. The number of hydrogen-bond donors (Lipinski definition) is 0. The Balaban J connectivity index is 1.68. The van der Waals surface area contributed by atoms with Crippen LogP contribution in [0.5, 0.6) is 0 Å². The molecule has 0 bridgehead atoms. The Morgan fingerprint density at radius 2 is 1.71 bits per heavy atom. The maximum absolute atomic E-state index is 13.3. The molecule has 164 valence electrons. The van der Waals surface area contributed by atoms with Gasteiger partial charge in [0.2, 0.25) is 0 Å². The second-order valence-corrected chi connectivity index (χ2v) is 8.88. The molecule has 0 saturated carbocycles. The van der Waals surface area contributed by atoms with Crippen LogP contribution in [0, 0.1) is 11.7 Å². The first kappa shape index (κ1) is 22.7. The minimum absolute atomic E-state index is 0.0336. The predicted octanol–water partition coefficient (Wildman–Crippen LogP) is 5.37. The number of halogens is 1. The highest BCUT2D eigenvalue weighted by Crippen LogP contribution is 2.27. The number of hydrogen-bond acceptors (Lipinski definition) is 4. The van der Waals surface area contributed by atoms with Gasteiger partial charge in [-0.2, -0.15) is 0 Å². The first-order chi connectivity index (χ1) is 14.7. The molecule has 0 aliphatic carbocycles. The van der Waals surface area contributed by atoms with Crippen molar-refractivity contribution in [3.63, 3.8) is 0 Å². The number of benzene rings is 1. The van der Waals surface area contributed by atoms with E-state index in [0.717, 1.165) is 24.0 Å². The number of piperidine rings is 1. The maximum atomic E-state index is 13.3. The Hall–Kier alpha value is -3.02. The summed E-state index contributed by atoms with van der Waals surface area (Å²) in [6, 6.07) is 9.68. The minimum Gasteiger partial charge on any atom is -0.444 e. The minimum atomic E-state index is -0.519. The van der Waals surface area contributed by atoms with Gasteiger partial charge in [-0.3, -0.25) is 9.78 Å². The Kier molecular flexibility index (Phi) is 7.21. The third-order valence-corrected chi connectivity index (χ3v) is 5.21. The van der Waals surface area contributed by atoms with Gasteiger partial charge in [0.1, 0.15) is 11.4 Å². The summed E-state index contributed by atoms with van der Waals surface area (Å²) in [5.41, 5.74) is 1.62. The summed E-state index contributed by atoms with van der Waals surface area (Å²) >= 11 is 0. The zero-order valence-electron chi connectivity index (χ0n) is 18.3. The topological polar surface area (TPSA) is 59.5 Å². The molecule has 0 N–H and O–H groups in total. The first-order valence-corrected chi connectivity index (χ1v) is 10.6. The van der Waals surface area contributed by atoms with Gasteiger partial charge in [0.15, 0.2) is 5.78 Å². The summed E-state index contributed by atoms with van der Waals surface area (Å²) in [6.45, 7) is 6.72. The molecule has 31 heavy (non-hydrogen) atoms. The van der Waals surface area contributed by atoms with E-state index in [4.69, 9.17) is 4.74 Å². The van der Waals surface area contributed by atoms with Crippen molar-refractivity contribution in [1.82, 2.24) is 9.88 Å². The van der Waals surface area contributed by atoms with Crippen LogP contribution < -0.4 is 0 Å². The van der Waals surface area contributed by atoms with E-state index in [1.807, 2.05) is 20.8 Å². The summed E-state index contributed by atoms with van der Waals surface area (Å²) in [5.74, 6) is -0.0819. The number of ether oxygens (including phenoxy) is 1. The molecule has 1 saturated heterocycles. The number of ketones is 1. The lowest BCUT2D eigenvalue weighted by Crippen LogP contribution is -2.42. The van der Waals surface area contributed by atoms with Crippen LogP contribution in [0.15, 0.2) is 48.8 Å². The molecule has 1 aliphatic heterocycles. The Bertz CT molecular complexity index is 925. The number of nitrogens with zero attached hydrogens (tertiary/aromatic N) is 2. The highest BCUT2D eigenvalue weighted by Gasteiger charge is 2.28. The van der Waals surface area contributed by atoms with Crippen molar-refractivity contribution < 1.29 is 18.7 Å². The quantitative estimate of drug-likeness (QED) is 0.606. The van der Waals surface area contributed by atoms with Crippen LogP contribution in [0.4, 0.5) is 9.18 Å².